The zero-order chi connectivity index (χ0) is 8.27. The highest BCUT2D eigenvalue weighted by Gasteiger charge is 2.19. The smallest absolute Gasteiger partial charge is 0.00691 e. The normalized spacial score (nSPS) is 40.1. The molecule has 0 aromatic carbocycles. The predicted octanol–water partition coefficient (Wildman–Crippen LogP) is 2.42. The highest BCUT2D eigenvalue weighted by atomic mass is 14.9. The molecule has 0 spiro atoms. The van der Waals surface area contributed by atoms with Crippen molar-refractivity contribution in [2.45, 2.75) is 45.6 Å². The lowest BCUT2D eigenvalue weighted by molar-refractivity contribution is 0.412. The zero-order valence-electron chi connectivity index (χ0n) is 8.06. The summed E-state index contributed by atoms with van der Waals surface area (Å²) in [4.78, 5) is 0. The molecule has 11 heavy (non-hydrogen) atoms. The third-order valence-electron chi connectivity index (χ3n) is 2.93. The maximum atomic E-state index is 3.40. The Morgan fingerprint density at radius 3 is 1.82 bits per heavy atom. The Labute approximate surface area is 70.6 Å². The van der Waals surface area contributed by atoms with Crippen LogP contribution in [0.3, 0.4) is 0 Å². The summed E-state index contributed by atoms with van der Waals surface area (Å²) in [5, 5.41) is 3.40. The van der Waals surface area contributed by atoms with E-state index in [0.29, 0.717) is 0 Å². The summed E-state index contributed by atoms with van der Waals surface area (Å²) in [6.07, 6.45) is 5.61. The van der Waals surface area contributed by atoms with E-state index in [1.165, 1.54) is 25.7 Å². The van der Waals surface area contributed by atoms with Gasteiger partial charge in [-0.15, -0.1) is 0 Å². The van der Waals surface area contributed by atoms with Crippen LogP contribution in [-0.4, -0.2) is 13.1 Å². The van der Waals surface area contributed by atoms with E-state index in [0.717, 1.165) is 17.9 Å². The van der Waals surface area contributed by atoms with Gasteiger partial charge in [0, 0.05) is 6.04 Å². The molecule has 66 valence electrons. The summed E-state index contributed by atoms with van der Waals surface area (Å²) >= 11 is 0. The van der Waals surface area contributed by atoms with Crippen LogP contribution in [-0.2, 0) is 0 Å². The van der Waals surface area contributed by atoms with Crippen LogP contribution in [0.25, 0.3) is 0 Å². The molecule has 0 aromatic rings. The molecular formula is C10H21N. The maximum absolute atomic E-state index is 3.40. The van der Waals surface area contributed by atoms with Crippen molar-refractivity contribution < 1.29 is 0 Å². The Bertz CT molecular complexity index is 99.4. The van der Waals surface area contributed by atoms with Crippen LogP contribution >= 0.6 is 0 Å². The average Bonchev–Trinajstić information content (AvgIpc) is 2.13. The standard InChI is InChI=1S/C10H21N/c1-8-4-5-9(2)7-10(6-8)11-3/h8-11H,4-7H2,1-3H3. The van der Waals surface area contributed by atoms with Crippen LogP contribution < -0.4 is 5.32 Å². The molecular weight excluding hydrogens is 134 g/mol. The van der Waals surface area contributed by atoms with Gasteiger partial charge < -0.3 is 5.32 Å². The second-order valence-corrected chi connectivity index (χ2v) is 4.24. The van der Waals surface area contributed by atoms with Gasteiger partial charge in [-0.2, -0.15) is 0 Å². The SMILES string of the molecule is CNC1CC(C)CCC(C)C1. The molecule has 1 nitrogen and oxygen atoms in total. The Hall–Kier alpha value is -0.0400. The van der Waals surface area contributed by atoms with Gasteiger partial charge in [-0.25, -0.2) is 0 Å². The van der Waals surface area contributed by atoms with Gasteiger partial charge in [0.15, 0.2) is 0 Å². The van der Waals surface area contributed by atoms with Crippen molar-refractivity contribution in [3.63, 3.8) is 0 Å². The van der Waals surface area contributed by atoms with E-state index in [1.54, 1.807) is 0 Å². The van der Waals surface area contributed by atoms with Gasteiger partial charge >= 0.3 is 0 Å². The van der Waals surface area contributed by atoms with Crippen LogP contribution in [0.2, 0.25) is 0 Å². The first-order valence-electron chi connectivity index (χ1n) is 4.89. The fraction of sp³-hybridized carbons (Fsp3) is 1.00. The summed E-state index contributed by atoms with van der Waals surface area (Å²) in [7, 11) is 2.09. The van der Waals surface area contributed by atoms with E-state index in [4.69, 9.17) is 0 Å². The largest absolute Gasteiger partial charge is 0.317 e. The molecule has 1 heteroatoms. The third-order valence-corrected chi connectivity index (χ3v) is 2.93. The van der Waals surface area contributed by atoms with Crippen molar-refractivity contribution in [2.75, 3.05) is 7.05 Å². The van der Waals surface area contributed by atoms with Gasteiger partial charge in [0.05, 0.1) is 0 Å². The number of hydrogen-bond acceptors (Lipinski definition) is 1. The number of hydrogen-bond donors (Lipinski definition) is 1. The maximum Gasteiger partial charge on any atom is 0.00691 e. The van der Waals surface area contributed by atoms with E-state index in [1.807, 2.05) is 0 Å². The molecule has 0 saturated heterocycles. The molecule has 0 aromatic heterocycles. The first-order valence-corrected chi connectivity index (χ1v) is 4.89. The first kappa shape index (κ1) is 9.05. The Morgan fingerprint density at radius 1 is 1.00 bits per heavy atom. The quantitative estimate of drug-likeness (QED) is 0.573. The lowest BCUT2D eigenvalue weighted by atomic mass is 10.0. The molecule has 1 N–H and O–H groups in total. The van der Waals surface area contributed by atoms with Crippen LogP contribution in [0.5, 0.6) is 0 Å². The van der Waals surface area contributed by atoms with E-state index in [2.05, 4.69) is 26.2 Å². The van der Waals surface area contributed by atoms with Crippen molar-refractivity contribution in [2.24, 2.45) is 11.8 Å². The molecule has 1 aliphatic rings. The van der Waals surface area contributed by atoms with Gasteiger partial charge in [-0.05, 0) is 31.7 Å². The Balaban J connectivity index is 2.41. The van der Waals surface area contributed by atoms with Crippen molar-refractivity contribution in [1.29, 1.82) is 0 Å². The zero-order valence-corrected chi connectivity index (χ0v) is 8.06. The lowest BCUT2D eigenvalue weighted by Gasteiger charge is -2.17. The second kappa shape index (κ2) is 4.10. The third kappa shape index (κ3) is 2.82. The molecule has 0 heterocycles. The monoisotopic (exact) mass is 155 g/mol. The highest BCUT2D eigenvalue weighted by molar-refractivity contribution is 4.75. The summed E-state index contributed by atoms with van der Waals surface area (Å²) < 4.78 is 0. The molecule has 1 aliphatic carbocycles. The first-order chi connectivity index (χ1) is 5.22. The van der Waals surface area contributed by atoms with Gasteiger partial charge in [0.2, 0.25) is 0 Å². The molecule has 1 rings (SSSR count). The minimum atomic E-state index is 0.780. The molecule has 2 unspecified atom stereocenters. The van der Waals surface area contributed by atoms with Crippen LogP contribution in [0, 0.1) is 11.8 Å². The number of nitrogens with one attached hydrogen (secondary N) is 1. The van der Waals surface area contributed by atoms with E-state index >= 15 is 0 Å². The van der Waals surface area contributed by atoms with E-state index in [9.17, 15) is 0 Å². The Morgan fingerprint density at radius 2 is 1.45 bits per heavy atom. The summed E-state index contributed by atoms with van der Waals surface area (Å²) in [6, 6.07) is 0.780. The topological polar surface area (TPSA) is 12.0 Å². The van der Waals surface area contributed by atoms with Gasteiger partial charge in [0.25, 0.3) is 0 Å². The molecule has 1 fully saturated rings. The van der Waals surface area contributed by atoms with E-state index < -0.39 is 0 Å². The molecule has 0 amide bonds. The van der Waals surface area contributed by atoms with Gasteiger partial charge in [-0.3, -0.25) is 0 Å². The lowest BCUT2D eigenvalue weighted by Crippen LogP contribution is -2.27. The van der Waals surface area contributed by atoms with Crippen molar-refractivity contribution in [1.82, 2.24) is 5.32 Å². The molecule has 1 saturated carbocycles. The molecule has 0 aliphatic heterocycles. The molecule has 0 radical (unpaired) electrons. The fourth-order valence-electron chi connectivity index (χ4n) is 2.11. The van der Waals surface area contributed by atoms with Gasteiger partial charge in [-0.1, -0.05) is 26.7 Å². The summed E-state index contributed by atoms with van der Waals surface area (Å²) in [6.45, 7) is 4.75. The van der Waals surface area contributed by atoms with Crippen molar-refractivity contribution >= 4 is 0 Å². The van der Waals surface area contributed by atoms with Gasteiger partial charge in [0.1, 0.15) is 0 Å². The number of rotatable bonds is 1. The minimum absolute atomic E-state index is 0.780. The van der Waals surface area contributed by atoms with Crippen molar-refractivity contribution in [3.05, 3.63) is 0 Å². The van der Waals surface area contributed by atoms with Crippen molar-refractivity contribution in [3.8, 4) is 0 Å². The van der Waals surface area contributed by atoms with Crippen LogP contribution in [0.4, 0.5) is 0 Å². The minimum Gasteiger partial charge on any atom is -0.317 e. The molecule has 0 bridgehead atoms. The van der Waals surface area contributed by atoms with E-state index in [-0.39, 0.29) is 0 Å². The predicted molar refractivity (Wildman–Crippen MR) is 49.6 cm³/mol. The highest BCUT2D eigenvalue weighted by Crippen LogP contribution is 2.26. The summed E-state index contributed by atoms with van der Waals surface area (Å²) in [5.41, 5.74) is 0. The van der Waals surface area contributed by atoms with Crippen LogP contribution in [0.1, 0.15) is 39.5 Å². The van der Waals surface area contributed by atoms with Crippen LogP contribution in [0.15, 0.2) is 0 Å². The molecule has 2 atom stereocenters. The second-order valence-electron chi connectivity index (χ2n) is 4.24. The fourth-order valence-corrected chi connectivity index (χ4v) is 2.11. The average molecular weight is 155 g/mol. The summed E-state index contributed by atoms with van der Waals surface area (Å²) in [5.74, 6) is 1.86. The Kier molecular flexibility index (Phi) is 3.38.